The number of hydrogen-bond donors (Lipinski definition) is 2. The van der Waals surface area contributed by atoms with Crippen LogP contribution in [0.15, 0.2) is 30.3 Å². The first-order valence-corrected chi connectivity index (χ1v) is 11.1. The molecule has 3 rings (SSSR count). The third-order valence-corrected chi connectivity index (χ3v) is 5.78. The van der Waals surface area contributed by atoms with Gasteiger partial charge in [0.15, 0.2) is 0 Å². The summed E-state index contributed by atoms with van der Waals surface area (Å²) in [5.74, 6) is -1.01. The van der Waals surface area contributed by atoms with Crippen molar-refractivity contribution in [1.82, 2.24) is 10.2 Å². The average molecular weight is 472 g/mol. The smallest absolute Gasteiger partial charge is 0.348 e. The second-order valence-electron chi connectivity index (χ2n) is 7.28. The highest BCUT2D eigenvalue weighted by Crippen LogP contribution is 2.35. The second-order valence-corrected chi connectivity index (χ2v) is 8.30. The molecule has 2 heterocycles. The van der Waals surface area contributed by atoms with E-state index in [0.29, 0.717) is 17.0 Å². The fraction of sp³-hybridized carbons (Fsp3) is 0.304. The van der Waals surface area contributed by atoms with Crippen LogP contribution in [0, 0.1) is 6.92 Å². The van der Waals surface area contributed by atoms with Gasteiger partial charge in [0, 0.05) is 5.56 Å². The highest BCUT2D eigenvalue weighted by Gasteiger charge is 2.28. The van der Waals surface area contributed by atoms with E-state index in [2.05, 4.69) is 15.5 Å². The number of ether oxygens (including phenoxy) is 3. The summed E-state index contributed by atoms with van der Waals surface area (Å²) in [4.78, 5) is 38.2. The lowest BCUT2D eigenvalue weighted by atomic mass is 10.1. The first kappa shape index (κ1) is 24.0. The number of benzene rings is 1. The van der Waals surface area contributed by atoms with Crippen LogP contribution in [0.1, 0.15) is 56.9 Å². The highest BCUT2D eigenvalue weighted by atomic mass is 32.1. The van der Waals surface area contributed by atoms with Crippen molar-refractivity contribution in [3.05, 3.63) is 52.0 Å². The van der Waals surface area contributed by atoms with E-state index in [0.717, 1.165) is 16.9 Å². The molecule has 33 heavy (non-hydrogen) atoms. The fourth-order valence-corrected chi connectivity index (χ4v) is 4.11. The molecule has 2 aromatic heterocycles. The molecule has 0 bridgehead atoms. The van der Waals surface area contributed by atoms with Crippen LogP contribution >= 0.6 is 11.3 Å². The molecule has 2 N–H and O–H groups in total. The van der Waals surface area contributed by atoms with Gasteiger partial charge in [-0.15, -0.1) is 11.3 Å². The van der Waals surface area contributed by atoms with Gasteiger partial charge >= 0.3 is 11.9 Å². The number of rotatable bonds is 8. The quantitative estimate of drug-likeness (QED) is 0.466. The Bertz CT molecular complexity index is 1160. The van der Waals surface area contributed by atoms with E-state index in [9.17, 15) is 14.4 Å². The third kappa shape index (κ3) is 5.40. The number of thiophene rings is 1. The Balaban J connectivity index is 1.89. The maximum atomic E-state index is 12.9. The summed E-state index contributed by atoms with van der Waals surface area (Å²) < 4.78 is 15.5. The van der Waals surface area contributed by atoms with Gasteiger partial charge in [-0.25, -0.2) is 9.59 Å². The molecular formula is C23H25N3O6S. The van der Waals surface area contributed by atoms with E-state index in [-0.39, 0.29) is 33.8 Å². The van der Waals surface area contributed by atoms with Crippen LogP contribution in [0.4, 0.5) is 5.00 Å². The number of nitrogens with one attached hydrogen (secondary N) is 2. The minimum Gasteiger partial charge on any atom is -0.497 e. The molecule has 0 aliphatic carbocycles. The maximum absolute atomic E-state index is 12.9. The van der Waals surface area contributed by atoms with E-state index < -0.39 is 17.8 Å². The van der Waals surface area contributed by atoms with Crippen molar-refractivity contribution in [2.75, 3.05) is 19.0 Å². The average Bonchev–Trinajstić information content (AvgIpc) is 3.39. The summed E-state index contributed by atoms with van der Waals surface area (Å²) in [5.41, 5.74) is 2.07. The Labute approximate surface area is 195 Å². The topological polar surface area (TPSA) is 120 Å². The lowest BCUT2D eigenvalue weighted by Crippen LogP contribution is -2.17. The van der Waals surface area contributed by atoms with Gasteiger partial charge in [-0.1, -0.05) is 0 Å². The number of aromatic amines is 1. The number of esters is 2. The Morgan fingerprint density at radius 3 is 2.45 bits per heavy atom. The van der Waals surface area contributed by atoms with Gasteiger partial charge in [0.05, 0.1) is 31.1 Å². The van der Waals surface area contributed by atoms with Gasteiger partial charge < -0.3 is 19.5 Å². The van der Waals surface area contributed by atoms with E-state index in [1.54, 1.807) is 53.0 Å². The summed E-state index contributed by atoms with van der Waals surface area (Å²) in [5, 5.41) is 9.79. The number of aromatic nitrogens is 2. The van der Waals surface area contributed by atoms with Gasteiger partial charge in [0.25, 0.3) is 5.91 Å². The fourth-order valence-electron chi connectivity index (χ4n) is 3.03. The zero-order valence-corrected chi connectivity index (χ0v) is 19.8. The predicted octanol–water partition coefficient (Wildman–Crippen LogP) is 4.45. The van der Waals surface area contributed by atoms with Crippen molar-refractivity contribution >= 4 is 34.2 Å². The molecule has 0 fully saturated rings. The number of H-pyrrole nitrogens is 1. The number of anilines is 1. The lowest BCUT2D eigenvalue weighted by Gasteiger charge is -2.10. The summed E-state index contributed by atoms with van der Waals surface area (Å²) in [7, 11) is 1.58. The molecule has 0 saturated carbocycles. The van der Waals surface area contributed by atoms with Crippen LogP contribution < -0.4 is 10.1 Å². The number of nitrogens with zero attached hydrogens (tertiary/aromatic N) is 1. The van der Waals surface area contributed by atoms with Crippen LogP contribution in [0.5, 0.6) is 5.75 Å². The zero-order chi connectivity index (χ0) is 24.1. The summed E-state index contributed by atoms with van der Waals surface area (Å²) in [6.45, 7) is 6.93. The molecule has 0 atom stereocenters. The third-order valence-electron chi connectivity index (χ3n) is 4.59. The van der Waals surface area contributed by atoms with Crippen molar-refractivity contribution in [2.24, 2.45) is 0 Å². The van der Waals surface area contributed by atoms with Crippen LogP contribution in [0.25, 0.3) is 11.3 Å². The Morgan fingerprint density at radius 1 is 1.15 bits per heavy atom. The van der Waals surface area contributed by atoms with Crippen molar-refractivity contribution in [2.45, 2.75) is 33.8 Å². The number of methoxy groups -OCH3 is 1. The van der Waals surface area contributed by atoms with Crippen LogP contribution in [0.3, 0.4) is 0 Å². The minimum absolute atomic E-state index is 0.125. The molecule has 1 amide bonds. The van der Waals surface area contributed by atoms with Crippen molar-refractivity contribution in [3.63, 3.8) is 0 Å². The number of amides is 1. The van der Waals surface area contributed by atoms with Crippen molar-refractivity contribution < 1.29 is 28.6 Å². The Hall–Kier alpha value is -3.66. The van der Waals surface area contributed by atoms with Crippen LogP contribution in [-0.2, 0) is 9.47 Å². The maximum Gasteiger partial charge on any atom is 0.348 e. The van der Waals surface area contributed by atoms with Gasteiger partial charge in [-0.05, 0) is 63.6 Å². The van der Waals surface area contributed by atoms with E-state index >= 15 is 0 Å². The largest absolute Gasteiger partial charge is 0.497 e. The molecular weight excluding hydrogens is 446 g/mol. The normalized spacial score (nSPS) is 10.7. The highest BCUT2D eigenvalue weighted by molar-refractivity contribution is 7.18. The first-order chi connectivity index (χ1) is 15.7. The molecule has 9 nitrogen and oxygen atoms in total. The molecule has 3 aromatic rings. The van der Waals surface area contributed by atoms with E-state index in [1.165, 1.54) is 0 Å². The van der Waals surface area contributed by atoms with Gasteiger partial charge in [-0.3, -0.25) is 9.89 Å². The second kappa shape index (κ2) is 10.3. The lowest BCUT2D eigenvalue weighted by molar-refractivity contribution is 0.0379. The van der Waals surface area contributed by atoms with Crippen LogP contribution in [0.2, 0.25) is 0 Å². The Morgan fingerprint density at radius 2 is 1.85 bits per heavy atom. The molecule has 1 aromatic carbocycles. The molecule has 0 radical (unpaired) electrons. The number of hydrogen-bond acceptors (Lipinski definition) is 8. The standard InChI is InChI=1S/C23H25N3O6S/c1-6-31-23(29)19-13(4)18(22(28)32-12(2)3)21(33-19)24-20(27)17-11-16(25-26-17)14-7-9-15(30-5)10-8-14/h7-12H,6H2,1-5H3,(H,24,27)(H,25,26). The summed E-state index contributed by atoms with van der Waals surface area (Å²) in [6, 6.07) is 8.83. The monoisotopic (exact) mass is 471 g/mol. The summed E-state index contributed by atoms with van der Waals surface area (Å²) in [6.07, 6.45) is -0.369. The van der Waals surface area contributed by atoms with Gasteiger partial charge in [-0.2, -0.15) is 5.10 Å². The van der Waals surface area contributed by atoms with Gasteiger partial charge in [0.2, 0.25) is 0 Å². The molecule has 0 aliphatic rings. The zero-order valence-electron chi connectivity index (χ0n) is 19.0. The van der Waals surface area contributed by atoms with E-state index in [4.69, 9.17) is 14.2 Å². The molecule has 174 valence electrons. The SMILES string of the molecule is CCOC(=O)c1sc(NC(=O)c2cc(-c3ccc(OC)cc3)n[nH]2)c(C(=O)OC(C)C)c1C. The van der Waals surface area contributed by atoms with E-state index in [1.807, 2.05) is 12.1 Å². The minimum atomic E-state index is -0.631. The van der Waals surface area contributed by atoms with Crippen LogP contribution in [-0.4, -0.2) is 47.9 Å². The molecule has 0 spiro atoms. The molecule has 0 unspecified atom stereocenters. The first-order valence-electron chi connectivity index (χ1n) is 10.3. The Kier molecular flexibility index (Phi) is 7.49. The molecule has 10 heteroatoms. The predicted molar refractivity (Wildman–Crippen MR) is 124 cm³/mol. The number of carbonyl (C=O) groups is 3. The molecule has 0 aliphatic heterocycles. The summed E-state index contributed by atoms with van der Waals surface area (Å²) >= 11 is 0.964. The molecule has 0 saturated heterocycles. The van der Waals surface area contributed by atoms with Gasteiger partial charge in [0.1, 0.15) is 21.3 Å². The number of carbonyl (C=O) groups excluding carboxylic acids is 3. The van der Waals surface area contributed by atoms with Crippen molar-refractivity contribution in [1.29, 1.82) is 0 Å². The van der Waals surface area contributed by atoms with Crippen molar-refractivity contribution in [3.8, 4) is 17.0 Å².